The molecule has 6 nitrogen and oxygen atoms in total. The molecule has 1 aliphatic heterocycles. The van der Waals surface area contributed by atoms with Crippen LogP contribution < -0.4 is 10.1 Å². The van der Waals surface area contributed by atoms with Crippen LogP contribution in [0.25, 0.3) is 10.9 Å². The number of hydrogen-bond acceptors (Lipinski definition) is 3. The van der Waals surface area contributed by atoms with Crippen LogP contribution in [0.4, 0.5) is 0 Å². The van der Waals surface area contributed by atoms with Gasteiger partial charge >= 0.3 is 0 Å². The highest BCUT2D eigenvalue weighted by Crippen LogP contribution is 2.35. The van der Waals surface area contributed by atoms with E-state index in [-0.39, 0.29) is 17.9 Å². The molecule has 5 rings (SSSR count). The highest BCUT2D eigenvalue weighted by molar-refractivity contribution is 6.03. The topological polar surface area (TPSA) is 63.6 Å². The van der Waals surface area contributed by atoms with Crippen molar-refractivity contribution < 1.29 is 14.3 Å². The van der Waals surface area contributed by atoms with E-state index in [4.69, 9.17) is 4.74 Å². The zero-order chi connectivity index (χ0) is 23.0. The molecule has 1 fully saturated rings. The van der Waals surface area contributed by atoms with E-state index in [0.29, 0.717) is 25.4 Å². The second-order valence-electron chi connectivity index (χ2n) is 9.34. The predicted octanol–water partition coefficient (Wildman–Crippen LogP) is 4.51. The lowest BCUT2D eigenvalue weighted by Gasteiger charge is -2.44. The van der Waals surface area contributed by atoms with Gasteiger partial charge in [-0.25, -0.2) is 0 Å². The quantitative estimate of drug-likeness (QED) is 0.607. The van der Waals surface area contributed by atoms with Gasteiger partial charge in [0.05, 0.1) is 19.7 Å². The number of aromatic nitrogens is 1. The minimum absolute atomic E-state index is 0.0833. The molecule has 0 radical (unpaired) electrons. The molecule has 0 bridgehead atoms. The van der Waals surface area contributed by atoms with Crippen molar-refractivity contribution in [1.29, 1.82) is 0 Å². The van der Waals surface area contributed by atoms with Crippen LogP contribution in [0.3, 0.4) is 0 Å². The molecular formula is C27H31N3O3. The Morgan fingerprint density at radius 1 is 1.12 bits per heavy atom. The van der Waals surface area contributed by atoms with Gasteiger partial charge in [0.15, 0.2) is 0 Å². The van der Waals surface area contributed by atoms with E-state index in [2.05, 4.69) is 5.32 Å². The average molecular weight is 446 g/mol. The number of carbonyl (C=O) groups excluding carboxylic acids is 2. The Morgan fingerprint density at radius 2 is 1.85 bits per heavy atom. The van der Waals surface area contributed by atoms with Crippen LogP contribution in [0.15, 0.2) is 54.6 Å². The van der Waals surface area contributed by atoms with Crippen LogP contribution in [-0.4, -0.2) is 39.5 Å². The summed E-state index contributed by atoms with van der Waals surface area (Å²) in [7, 11) is 0. The van der Waals surface area contributed by atoms with Gasteiger partial charge in [-0.3, -0.25) is 9.59 Å². The number of hydrogen-bond donors (Lipinski definition) is 1. The Kier molecular flexibility index (Phi) is 5.60. The summed E-state index contributed by atoms with van der Waals surface area (Å²) in [6, 6.07) is 17.9. The molecule has 2 heterocycles. The molecule has 0 spiro atoms. The fourth-order valence-electron chi connectivity index (χ4n) is 5.27. The SMILES string of the molecule is CCOc1ccccc1CN1C(=O)c2cc3ccccc3n2C[C@]1(C)C(=O)NC1CCCC1. The van der Waals surface area contributed by atoms with Crippen LogP contribution in [0.2, 0.25) is 0 Å². The number of nitrogens with zero attached hydrogens (tertiary/aromatic N) is 2. The molecule has 2 amide bonds. The normalized spacial score (nSPS) is 20.8. The van der Waals surface area contributed by atoms with E-state index in [1.807, 2.05) is 73.0 Å². The van der Waals surface area contributed by atoms with Gasteiger partial charge in [0.25, 0.3) is 5.91 Å². The van der Waals surface area contributed by atoms with Crippen LogP contribution in [0, 0.1) is 0 Å². The van der Waals surface area contributed by atoms with Gasteiger partial charge < -0.3 is 19.5 Å². The predicted molar refractivity (Wildman–Crippen MR) is 128 cm³/mol. The smallest absolute Gasteiger partial charge is 0.271 e. The van der Waals surface area contributed by atoms with Crippen LogP contribution >= 0.6 is 0 Å². The molecule has 2 aliphatic rings. The van der Waals surface area contributed by atoms with Crippen molar-refractivity contribution in [3.8, 4) is 5.75 Å². The monoisotopic (exact) mass is 445 g/mol. The molecule has 33 heavy (non-hydrogen) atoms. The highest BCUT2D eigenvalue weighted by Gasteiger charge is 2.48. The fraction of sp³-hybridized carbons (Fsp3) is 0.407. The number of nitrogens with one attached hydrogen (secondary N) is 1. The zero-order valence-corrected chi connectivity index (χ0v) is 19.3. The first-order chi connectivity index (χ1) is 16.0. The van der Waals surface area contributed by atoms with Crippen molar-refractivity contribution in [3.05, 3.63) is 65.9 Å². The molecule has 1 saturated carbocycles. The summed E-state index contributed by atoms with van der Waals surface area (Å²) in [5.41, 5.74) is 1.48. The molecule has 0 saturated heterocycles. The lowest BCUT2D eigenvalue weighted by molar-refractivity contribution is -0.133. The Morgan fingerprint density at radius 3 is 2.64 bits per heavy atom. The Bertz CT molecular complexity index is 1190. The van der Waals surface area contributed by atoms with Gasteiger partial charge in [-0.15, -0.1) is 0 Å². The first kappa shape index (κ1) is 21.6. The first-order valence-electron chi connectivity index (χ1n) is 11.9. The summed E-state index contributed by atoms with van der Waals surface area (Å²) in [6.07, 6.45) is 4.28. The standard InChI is InChI=1S/C27H31N3O3/c1-3-33-24-15-9-5-11-20(24)17-30-25(31)23-16-19-10-4-8-14-22(19)29(23)18-27(30,2)26(32)28-21-12-6-7-13-21/h4-5,8-11,14-16,21H,3,6-7,12-13,17-18H2,1-2H3,(H,28,32)/t27-/m1/s1. The molecule has 6 heteroatoms. The Labute approximate surface area is 194 Å². The van der Waals surface area contributed by atoms with Crippen molar-refractivity contribution in [3.63, 3.8) is 0 Å². The van der Waals surface area contributed by atoms with Gasteiger partial charge in [-0.05, 0) is 44.9 Å². The number of fused-ring (bicyclic) bond motifs is 3. The number of ether oxygens (including phenoxy) is 1. The van der Waals surface area contributed by atoms with Crippen LogP contribution in [0.1, 0.15) is 55.6 Å². The third-order valence-corrected chi connectivity index (χ3v) is 7.12. The van der Waals surface area contributed by atoms with Crippen molar-refractivity contribution in [1.82, 2.24) is 14.8 Å². The molecular weight excluding hydrogens is 414 g/mol. The maximum Gasteiger partial charge on any atom is 0.271 e. The first-order valence-corrected chi connectivity index (χ1v) is 11.9. The second-order valence-corrected chi connectivity index (χ2v) is 9.34. The summed E-state index contributed by atoms with van der Waals surface area (Å²) in [5.74, 6) is 0.533. The lowest BCUT2D eigenvalue weighted by atomic mass is 9.93. The van der Waals surface area contributed by atoms with E-state index in [1.165, 1.54) is 0 Å². The third-order valence-electron chi connectivity index (χ3n) is 7.12. The van der Waals surface area contributed by atoms with Crippen molar-refractivity contribution >= 4 is 22.7 Å². The fourth-order valence-corrected chi connectivity index (χ4v) is 5.27. The van der Waals surface area contributed by atoms with Gasteiger partial charge in [0, 0.05) is 22.5 Å². The van der Waals surface area contributed by atoms with Crippen molar-refractivity contribution in [2.75, 3.05) is 6.61 Å². The van der Waals surface area contributed by atoms with Crippen LogP contribution in [0.5, 0.6) is 5.75 Å². The number of para-hydroxylation sites is 2. The Hall–Kier alpha value is -3.28. The molecule has 1 N–H and O–H groups in total. The molecule has 172 valence electrons. The maximum atomic E-state index is 13.9. The highest BCUT2D eigenvalue weighted by atomic mass is 16.5. The van der Waals surface area contributed by atoms with Crippen LogP contribution in [-0.2, 0) is 17.9 Å². The maximum absolute atomic E-state index is 13.9. The Balaban J connectivity index is 1.57. The number of amides is 2. The van der Waals surface area contributed by atoms with E-state index in [9.17, 15) is 9.59 Å². The van der Waals surface area contributed by atoms with Gasteiger partial charge in [-0.2, -0.15) is 0 Å². The average Bonchev–Trinajstić information content (AvgIpc) is 3.46. The number of rotatable bonds is 6. The molecule has 1 atom stereocenters. The molecule has 2 aromatic carbocycles. The molecule has 0 unspecified atom stereocenters. The van der Waals surface area contributed by atoms with E-state index >= 15 is 0 Å². The van der Waals surface area contributed by atoms with E-state index in [0.717, 1.165) is 47.9 Å². The zero-order valence-electron chi connectivity index (χ0n) is 19.3. The minimum atomic E-state index is -1.02. The van der Waals surface area contributed by atoms with E-state index in [1.54, 1.807) is 4.90 Å². The largest absolute Gasteiger partial charge is 0.494 e. The van der Waals surface area contributed by atoms with E-state index < -0.39 is 5.54 Å². The summed E-state index contributed by atoms with van der Waals surface area (Å²) in [4.78, 5) is 29.4. The summed E-state index contributed by atoms with van der Waals surface area (Å²) in [6.45, 7) is 5.11. The summed E-state index contributed by atoms with van der Waals surface area (Å²) in [5, 5.41) is 4.27. The molecule has 1 aromatic heterocycles. The van der Waals surface area contributed by atoms with Gasteiger partial charge in [0.1, 0.15) is 17.0 Å². The minimum Gasteiger partial charge on any atom is -0.494 e. The van der Waals surface area contributed by atoms with Gasteiger partial charge in [-0.1, -0.05) is 49.2 Å². The number of carbonyl (C=O) groups is 2. The second kappa shape index (κ2) is 8.58. The lowest BCUT2D eigenvalue weighted by Crippen LogP contribution is -2.64. The summed E-state index contributed by atoms with van der Waals surface area (Å²) >= 11 is 0. The molecule has 1 aliphatic carbocycles. The van der Waals surface area contributed by atoms with Gasteiger partial charge in [0.2, 0.25) is 5.91 Å². The van der Waals surface area contributed by atoms with Crippen molar-refractivity contribution in [2.24, 2.45) is 0 Å². The summed E-state index contributed by atoms with van der Waals surface area (Å²) < 4.78 is 7.83. The molecule has 3 aromatic rings. The van der Waals surface area contributed by atoms with Crippen molar-refractivity contribution in [2.45, 2.75) is 64.2 Å². The third kappa shape index (κ3) is 3.77. The number of benzene rings is 2.